The van der Waals surface area contributed by atoms with Crippen LogP contribution in [0, 0.1) is 0 Å². The van der Waals surface area contributed by atoms with Gasteiger partial charge in [0.15, 0.2) is 0 Å². The summed E-state index contributed by atoms with van der Waals surface area (Å²) in [4.78, 5) is 24.5. The summed E-state index contributed by atoms with van der Waals surface area (Å²) in [5.41, 5.74) is 0. The summed E-state index contributed by atoms with van der Waals surface area (Å²) in [6, 6.07) is -0.623. The fourth-order valence-corrected chi connectivity index (χ4v) is 9.69. The van der Waals surface area contributed by atoms with E-state index in [1.807, 2.05) is 6.08 Å². The number of hydrogen-bond acceptors (Lipinski definition) is 5. The first-order chi connectivity index (χ1) is 34.0. The minimum Gasteiger partial charge on any atom is -0.466 e. The van der Waals surface area contributed by atoms with E-state index in [1.54, 1.807) is 6.08 Å². The standard InChI is InChI=1S/C63H121NO5/c1-3-5-7-9-11-13-14-15-16-27-31-34-37-41-45-49-53-57-63(68)69-58-54-50-46-42-38-35-32-29-26-24-22-20-18-17-19-21-23-25-28-30-33-36-40-44-48-52-56-62(67)64-60(59-65)61(66)55-51-47-43-39-12-10-8-6-4-2/h15-16,51,55,60-61,65-66H,3-14,17-50,52-54,56-59H2,1-2H3,(H,64,67)/b16-15-,55-51+. The Kier molecular flexibility index (Phi) is 57.5. The molecule has 0 aromatic carbocycles. The molecule has 2 atom stereocenters. The first-order valence-corrected chi connectivity index (χ1v) is 31.1. The van der Waals surface area contributed by atoms with Gasteiger partial charge in [0.25, 0.3) is 0 Å². The number of ether oxygens (including phenoxy) is 1. The highest BCUT2D eigenvalue weighted by atomic mass is 16.5. The lowest BCUT2D eigenvalue weighted by Gasteiger charge is -2.20. The highest BCUT2D eigenvalue weighted by Gasteiger charge is 2.18. The number of allylic oxidation sites excluding steroid dienone is 3. The molecular formula is C63H121NO5. The second-order valence-corrected chi connectivity index (χ2v) is 21.4. The Morgan fingerprint density at radius 1 is 0.391 bits per heavy atom. The second kappa shape index (κ2) is 58.9. The Hall–Kier alpha value is -1.66. The number of nitrogens with one attached hydrogen (secondary N) is 1. The van der Waals surface area contributed by atoms with Gasteiger partial charge in [-0.15, -0.1) is 0 Å². The SMILES string of the molecule is CCCCCCCC/C=C\CCCCCCCCCC(=O)OCCCCCCCCCCCCCCCCCCCCCCCCCCCCC(=O)NC(CO)C(O)/C=C/CCCCCCCCC. The van der Waals surface area contributed by atoms with Crippen LogP contribution in [0.25, 0.3) is 0 Å². The quantitative estimate of drug-likeness (QED) is 0.0321. The summed E-state index contributed by atoms with van der Waals surface area (Å²) in [5, 5.41) is 22.9. The second-order valence-electron chi connectivity index (χ2n) is 21.4. The molecule has 0 aromatic heterocycles. The van der Waals surface area contributed by atoms with Gasteiger partial charge in [-0.2, -0.15) is 0 Å². The maximum absolute atomic E-state index is 12.4. The van der Waals surface area contributed by atoms with E-state index in [9.17, 15) is 19.8 Å². The first kappa shape index (κ1) is 67.3. The Bertz CT molecular complexity index is 1080. The van der Waals surface area contributed by atoms with E-state index in [0.717, 1.165) is 44.9 Å². The van der Waals surface area contributed by atoms with Gasteiger partial charge >= 0.3 is 5.97 Å². The molecule has 6 nitrogen and oxygen atoms in total. The van der Waals surface area contributed by atoms with Crippen LogP contribution in [0.15, 0.2) is 24.3 Å². The third-order valence-electron chi connectivity index (χ3n) is 14.5. The average Bonchev–Trinajstić information content (AvgIpc) is 3.35. The largest absolute Gasteiger partial charge is 0.466 e. The molecule has 0 aliphatic rings. The van der Waals surface area contributed by atoms with E-state index in [0.29, 0.717) is 19.4 Å². The number of carbonyl (C=O) groups excluding carboxylic acids is 2. The molecule has 0 saturated heterocycles. The van der Waals surface area contributed by atoms with Crippen LogP contribution in [-0.4, -0.2) is 47.4 Å². The molecule has 1 amide bonds. The number of unbranched alkanes of at least 4 members (excludes halogenated alkanes) is 45. The van der Waals surface area contributed by atoms with Crippen molar-refractivity contribution >= 4 is 11.9 Å². The highest BCUT2D eigenvalue weighted by Crippen LogP contribution is 2.18. The van der Waals surface area contributed by atoms with Crippen LogP contribution in [0.4, 0.5) is 0 Å². The fraction of sp³-hybridized carbons (Fsp3) is 0.905. The van der Waals surface area contributed by atoms with Crippen LogP contribution in [0.5, 0.6) is 0 Å². The molecular weight excluding hydrogens is 851 g/mol. The van der Waals surface area contributed by atoms with Crippen LogP contribution >= 0.6 is 0 Å². The molecule has 0 aromatic rings. The van der Waals surface area contributed by atoms with Gasteiger partial charge in [-0.25, -0.2) is 0 Å². The average molecular weight is 973 g/mol. The Morgan fingerprint density at radius 3 is 1.03 bits per heavy atom. The molecule has 69 heavy (non-hydrogen) atoms. The minimum atomic E-state index is -0.840. The Morgan fingerprint density at radius 2 is 0.681 bits per heavy atom. The van der Waals surface area contributed by atoms with Gasteiger partial charge in [-0.3, -0.25) is 9.59 Å². The molecule has 0 aliphatic heterocycles. The zero-order chi connectivity index (χ0) is 50.0. The van der Waals surface area contributed by atoms with Gasteiger partial charge in [-0.05, 0) is 57.8 Å². The van der Waals surface area contributed by atoms with Gasteiger partial charge in [0.05, 0.1) is 25.4 Å². The Balaban J connectivity index is 3.32. The predicted molar refractivity (Wildman–Crippen MR) is 301 cm³/mol. The molecule has 0 bridgehead atoms. The zero-order valence-corrected chi connectivity index (χ0v) is 46.6. The lowest BCUT2D eigenvalue weighted by atomic mass is 10.0. The van der Waals surface area contributed by atoms with Crippen molar-refractivity contribution in [2.75, 3.05) is 13.2 Å². The van der Waals surface area contributed by atoms with Crippen molar-refractivity contribution in [1.82, 2.24) is 5.32 Å². The summed E-state index contributed by atoms with van der Waals surface area (Å²) >= 11 is 0. The van der Waals surface area contributed by atoms with Gasteiger partial charge in [0, 0.05) is 12.8 Å². The van der Waals surface area contributed by atoms with E-state index in [2.05, 4.69) is 31.3 Å². The van der Waals surface area contributed by atoms with E-state index in [1.165, 1.54) is 270 Å². The molecule has 3 N–H and O–H groups in total. The van der Waals surface area contributed by atoms with Crippen LogP contribution in [-0.2, 0) is 14.3 Å². The van der Waals surface area contributed by atoms with Gasteiger partial charge < -0.3 is 20.3 Å². The van der Waals surface area contributed by atoms with E-state index in [4.69, 9.17) is 4.74 Å². The number of hydrogen-bond donors (Lipinski definition) is 3. The molecule has 408 valence electrons. The molecule has 0 heterocycles. The summed E-state index contributed by atoms with van der Waals surface area (Å²) in [5.74, 6) is -0.0539. The van der Waals surface area contributed by atoms with Crippen molar-refractivity contribution in [3.63, 3.8) is 0 Å². The van der Waals surface area contributed by atoms with Crippen molar-refractivity contribution < 1.29 is 24.5 Å². The third kappa shape index (κ3) is 55.5. The van der Waals surface area contributed by atoms with Crippen molar-refractivity contribution in [3.8, 4) is 0 Å². The van der Waals surface area contributed by atoms with Gasteiger partial charge in [-0.1, -0.05) is 295 Å². The lowest BCUT2D eigenvalue weighted by Crippen LogP contribution is -2.45. The Labute approximate surface area is 431 Å². The smallest absolute Gasteiger partial charge is 0.305 e. The number of rotatable bonds is 58. The number of amides is 1. The van der Waals surface area contributed by atoms with Crippen LogP contribution in [0.3, 0.4) is 0 Å². The van der Waals surface area contributed by atoms with E-state index < -0.39 is 12.1 Å². The van der Waals surface area contributed by atoms with Crippen LogP contribution < -0.4 is 5.32 Å². The maximum atomic E-state index is 12.4. The predicted octanol–water partition coefficient (Wildman–Crippen LogP) is 19.4. The van der Waals surface area contributed by atoms with E-state index in [-0.39, 0.29) is 18.5 Å². The van der Waals surface area contributed by atoms with Crippen molar-refractivity contribution in [1.29, 1.82) is 0 Å². The maximum Gasteiger partial charge on any atom is 0.305 e. The summed E-state index contributed by atoms with van der Waals surface area (Å²) in [7, 11) is 0. The summed E-state index contributed by atoms with van der Waals surface area (Å²) < 4.78 is 5.50. The van der Waals surface area contributed by atoms with Crippen molar-refractivity contribution in [3.05, 3.63) is 24.3 Å². The summed E-state index contributed by atoms with van der Waals surface area (Å²) in [6.45, 7) is 4.89. The van der Waals surface area contributed by atoms with Crippen molar-refractivity contribution in [2.24, 2.45) is 0 Å². The van der Waals surface area contributed by atoms with Gasteiger partial charge in [0.2, 0.25) is 5.91 Å². The molecule has 0 saturated carbocycles. The molecule has 6 heteroatoms. The molecule has 2 unspecified atom stereocenters. The lowest BCUT2D eigenvalue weighted by molar-refractivity contribution is -0.143. The number of carbonyl (C=O) groups is 2. The normalized spacial score (nSPS) is 12.7. The van der Waals surface area contributed by atoms with Crippen LogP contribution in [0.1, 0.15) is 341 Å². The number of aliphatic hydroxyl groups excluding tert-OH is 2. The molecule has 0 radical (unpaired) electrons. The molecule has 0 spiro atoms. The number of aliphatic hydroxyl groups is 2. The van der Waals surface area contributed by atoms with Gasteiger partial charge in [0.1, 0.15) is 0 Å². The monoisotopic (exact) mass is 972 g/mol. The third-order valence-corrected chi connectivity index (χ3v) is 14.5. The molecule has 0 aliphatic carbocycles. The van der Waals surface area contributed by atoms with E-state index >= 15 is 0 Å². The molecule has 0 fully saturated rings. The minimum absolute atomic E-state index is 0.0136. The van der Waals surface area contributed by atoms with Crippen molar-refractivity contribution in [2.45, 2.75) is 353 Å². The fourth-order valence-electron chi connectivity index (χ4n) is 9.69. The molecule has 0 rings (SSSR count). The summed E-state index contributed by atoms with van der Waals surface area (Å²) in [6.07, 6.45) is 72.4. The topological polar surface area (TPSA) is 95.9 Å². The van der Waals surface area contributed by atoms with Crippen LogP contribution in [0.2, 0.25) is 0 Å². The number of esters is 1. The first-order valence-electron chi connectivity index (χ1n) is 31.1. The zero-order valence-electron chi connectivity index (χ0n) is 46.6. The highest BCUT2D eigenvalue weighted by molar-refractivity contribution is 5.76.